The number of nitrogens with one attached hydrogen (secondary N) is 1. The minimum Gasteiger partial charge on any atom is -0.352 e. The summed E-state index contributed by atoms with van der Waals surface area (Å²) < 4.78 is 1.20. The number of carbonyl (C=O) groups is 1. The zero-order chi connectivity index (χ0) is 17.1. The minimum absolute atomic E-state index is 0.188. The average molecular weight is 350 g/mol. The van der Waals surface area contributed by atoms with Crippen molar-refractivity contribution in [2.45, 2.75) is 38.6 Å². The molecule has 1 heterocycles. The molecule has 1 amide bonds. The second-order valence-electron chi connectivity index (χ2n) is 6.91. The third kappa shape index (κ3) is 3.45. The summed E-state index contributed by atoms with van der Waals surface area (Å²) in [5, 5.41) is 4.26. The van der Waals surface area contributed by atoms with Crippen molar-refractivity contribution >= 4 is 27.5 Å². The fourth-order valence-corrected chi connectivity index (χ4v) is 4.90. The van der Waals surface area contributed by atoms with E-state index < -0.39 is 0 Å². The fourth-order valence-electron chi connectivity index (χ4n) is 3.79. The van der Waals surface area contributed by atoms with E-state index in [4.69, 9.17) is 4.98 Å². The van der Waals surface area contributed by atoms with E-state index >= 15 is 0 Å². The highest BCUT2D eigenvalue weighted by molar-refractivity contribution is 7.18. The number of rotatable bonds is 5. The maximum absolute atomic E-state index is 13.0. The molecule has 0 aliphatic heterocycles. The lowest BCUT2D eigenvalue weighted by molar-refractivity contribution is -0.131. The number of carbonyl (C=O) groups excluding carboxylic acids is 1. The zero-order valence-electron chi connectivity index (χ0n) is 14.2. The maximum atomic E-state index is 13.0. The molecule has 3 nitrogen and oxygen atoms in total. The second kappa shape index (κ2) is 6.96. The van der Waals surface area contributed by atoms with Crippen molar-refractivity contribution in [3.8, 4) is 0 Å². The molecular formula is C21H22N2OS. The third-order valence-corrected chi connectivity index (χ3v) is 6.20. The Hall–Kier alpha value is -2.20. The van der Waals surface area contributed by atoms with Gasteiger partial charge >= 0.3 is 0 Å². The molecule has 25 heavy (non-hydrogen) atoms. The molecule has 0 spiro atoms. The maximum Gasteiger partial charge on any atom is 0.226 e. The molecule has 2 aromatic carbocycles. The number of amides is 1. The van der Waals surface area contributed by atoms with Crippen molar-refractivity contribution in [3.05, 3.63) is 65.2 Å². The van der Waals surface area contributed by atoms with Crippen LogP contribution in [0.4, 0.5) is 0 Å². The lowest BCUT2D eigenvalue weighted by atomic mass is 9.82. The van der Waals surface area contributed by atoms with Gasteiger partial charge in [-0.2, -0.15) is 0 Å². The Morgan fingerprint density at radius 3 is 2.52 bits per heavy atom. The summed E-state index contributed by atoms with van der Waals surface area (Å²) in [7, 11) is 0. The Kier molecular flexibility index (Phi) is 4.53. The van der Waals surface area contributed by atoms with Gasteiger partial charge < -0.3 is 5.32 Å². The number of nitrogens with zero attached hydrogens (tertiary/aromatic N) is 1. The van der Waals surface area contributed by atoms with Gasteiger partial charge in [-0.05, 0) is 30.5 Å². The van der Waals surface area contributed by atoms with Crippen molar-refractivity contribution in [1.29, 1.82) is 0 Å². The van der Waals surface area contributed by atoms with Crippen LogP contribution in [-0.4, -0.2) is 10.9 Å². The Morgan fingerprint density at radius 1 is 1.04 bits per heavy atom. The number of hydrogen-bond acceptors (Lipinski definition) is 3. The number of fused-ring (bicyclic) bond motifs is 1. The number of benzene rings is 2. The second-order valence-corrected chi connectivity index (χ2v) is 8.02. The smallest absolute Gasteiger partial charge is 0.226 e. The van der Waals surface area contributed by atoms with E-state index in [-0.39, 0.29) is 11.3 Å². The highest BCUT2D eigenvalue weighted by Crippen LogP contribution is 2.42. The lowest BCUT2D eigenvalue weighted by Gasteiger charge is -2.26. The van der Waals surface area contributed by atoms with Gasteiger partial charge in [0.25, 0.3) is 0 Å². The van der Waals surface area contributed by atoms with Gasteiger partial charge in [0.1, 0.15) is 0 Å². The Labute approximate surface area is 152 Å². The highest BCUT2D eigenvalue weighted by atomic mass is 32.1. The molecular weight excluding hydrogens is 328 g/mol. The molecule has 1 aromatic heterocycles. The molecule has 0 saturated heterocycles. The van der Waals surface area contributed by atoms with Gasteiger partial charge in [-0.15, -0.1) is 11.3 Å². The van der Waals surface area contributed by atoms with E-state index in [2.05, 4.69) is 23.5 Å². The molecule has 1 aliphatic rings. The van der Waals surface area contributed by atoms with Crippen molar-refractivity contribution in [2.75, 3.05) is 0 Å². The fraction of sp³-hybridized carbons (Fsp3) is 0.333. The summed E-state index contributed by atoms with van der Waals surface area (Å²) >= 11 is 1.72. The topological polar surface area (TPSA) is 42.0 Å². The molecule has 0 radical (unpaired) electrons. The highest BCUT2D eigenvalue weighted by Gasteiger charge is 2.41. The van der Waals surface area contributed by atoms with Crippen LogP contribution in [0.2, 0.25) is 0 Å². The van der Waals surface area contributed by atoms with Crippen molar-refractivity contribution < 1.29 is 4.79 Å². The van der Waals surface area contributed by atoms with Gasteiger partial charge in [-0.3, -0.25) is 4.79 Å². The van der Waals surface area contributed by atoms with Crippen LogP contribution in [0.25, 0.3) is 10.2 Å². The van der Waals surface area contributed by atoms with Crippen molar-refractivity contribution in [1.82, 2.24) is 10.3 Å². The predicted octanol–water partition coefficient (Wildman–Crippen LogP) is 4.72. The first-order valence-corrected chi connectivity index (χ1v) is 9.74. The van der Waals surface area contributed by atoms with Gasteiger partial charge in [-0.25, -0.2) is 4.98 Å². The van der Waals surface area contributed by atoms with E-state index in [0.29, 0.717) is 6.54 Å². The van der Waals surface area contributed by atoms with Crippen LogP contribution in [-0.2, 0) is 17.8 Å². The molecule has 1 N–H and O–H groups in total. The van der Waals surface area contributed by atoms with Crippen LogP contribution < -0.4 is 5.32 Å². The van der Waals surface area contributed by atoms with Gasteiger partial charge in [-0.1, -0.05) is 55.3 Å². The minimum atomic E-state index is -0.289. The summed E-state index contributed by atoms with van der Waals surface area (Å²) in [6.07, 6.45) is 4.94. The Balaban J connectivity index is 1.51. The standard InChI is InChI=1S/C21H22N2OS/c24-20(22-15-16-8-2-1-3-9-16)21(12-6-7-13-21)14-19-23-17-10-4-5-11-18(17)25-19/h1-5,8-11H,6-7,12-15H2,(H,22,24). The average Bonchev–Trinajstić information content (AvgIpc) is 3.28. The summed E-state index contributed by atoms with van der Waals surface area (Å²) in [5.41, 5.74) is 1.90. The summed E-state index contributed by atoms with van der Waals surface area (Å²) in [6.45, 7) is 0.598. The third-order valence-electron chi connectivity index (χ3n) is 5.17. The van der Waals surface area contributed by atoms with E-state index in [1.165, 1.54) is 4.70 Å². The molecule has 1 saturated carbocycles. The van der Waals surface area contributed by atoms with E-state index in [1.807, 2.05) is 36.4 Å². The molecule has 4 rings (SSSR count). The van der Waals surface area contributed by atoms with Gasteiger partial charge in [0, 0.05) is 13.0 Å². The quantitative estimate of drug-likeness (QED) is 0.724. The summed E-state index contributed by atoms with van der Waals surface area (Å²) in [4.78, 5) is 17.8. The summed E-state index contributed by atoms with van der Waals surface area (Å²) in [6, 6.07) is 18.3. The Bertz CT molecular complexity index is 833. The molecule has 1 aliphatic carbocycles. The van der Waals surface area contributed by atoms with Gasteiger partial charge in [0.05, 0.1) is 20.6 Å². The molecule has 128 valence electrons. The number of hydrogen-bond donors (Lipinski definition) is 1. The van der Waals surface area contributed by atoms with Crippen LogP contribution in [0, 0.1) is 5.41 Å². The first-order chi connectivity index (χ1) is 12.3. The van der Waals surface area contributed by atoms with Gasteiger partial charge in [0.2, 0.25) is 5.91 Å². The van der Waals surface area contributed by atoms with E-state index in [1.54, 1.807) is 11.3 Å². The first-order valence-electron chi connectivity index (χ1n) is 8.92. The number of para-hydroxylation sites is 1. The number of aromatic nitrogens is 1. The molecule has 0 atom stereocenters. The van der Waals surface area contributed by atoms with Crippen LogP contribution in [0.5, 0.6) is 0 Å². The lowest BCUT2D eigenvalue weighted by Crippen LogP contribution is -2.40. The van der Waals surface area contributed by atoms with Crippen LogP contribution >= 0.6 is 11.3 Å². The monoisotopic (exact) mass is 350 g/mol. The van der Waals surface area contributed by atoms with Crippen molar-refractivity contribution in [2.24, 2.45) is 5.41 Å². The SMILES string of the molecule is O=C(NCc1ccccc1)C1(Cc2nc3ccccc3s2)CCCC1. The molecule has 0 unspecified atom stereocenters. The molecule has 3 aromatic rings. The van der Waals surface area contributed by atoms with Gasteiger partial charge in [0.15, 0.2) is 0 Å². The van der Waals surface area contributed by atoms with Crippen LogP contribution in [0.1, 0.15) is 36.3 Å². The van der Waals surface area contributed by atoms with E-state index in [9.17, 15) is 4.79 Å². The normalized spacial score (nSPS) is 16.2. The van der Waals surface area contributed by atoms with Crippen LogP contribution in [0.3, 0.4) is 0 Å². The molecule has 1 fully saturated rings. The largest absolute Gasteiger partial charge is 0.352 e. The predicted molar refractivity (Wildman–Crippen MR) is 103 cm³/mol. The van der Waals surface area contributed by atoms with Crippen LogP contribution in [0.15, 0.2) is 54.6 Å². The van der Waals surface area contributed by atoms with E-state index in [0.717, 1.165) is 48.2 Å². The zero-order valence-corrected chi connectivity index (χ0v) is 15.0. The molecule has 4 heteroatoms. The Morgan fingerprint density at radius 2 is 1.76 bits per heavy atom. The number of thiazole rings is 1. The molecule has 0 bridgehead atoms. The van der Waals surface area contributed by atoms with Crippen molar-refractivity contribution in [3.63, 3.8) is 0 Å². The first kappa shape index (κ1) is 16.3. The summed E-state index contributed by atoms with van der Waals surface area (Å²) in [5.74, 6) is 0.188.